The van der Waals surface area contributed by atoms with Crippen molar-refractivity contribution in [3.63, 3.8) is 0 Å². The lowest BCUT2D eigenvalue weighted by atomic mass is 9.94. The third-order valence-corrected chi connectivity index (χ3v) is 10.5. The zero-order chi connectivity index (χ0) is 34.7. The maximum Gasteiger partial charge on any atom is 0.289 e. The highest BCUT2D eigenvalue weighted by Gasteiger charge is 2.70. The standard InChI is InChI=1S/C36H37F6N5OS/c1-43-33(35(39)40)31-27-18-28(27)36(41,42)34(31)45-19-30(48)46-29(16-20-14-22(37)17-23(38)15-20)32-26(8-5-13-44-32)21-9-11-25(12-10-21)49-47-24-6-3-2-4-7-24/h5,8-15,17,24,27-29,31,35,47H,2-4,6-7,16,18-19H2,1H3,(H,46,48). The van der Waals surface area contributed by atoms with Crippen molar-refractivity contribution in [2.75, 3.05) is 13.6 Å². The summed E-state index contributed by atoms with van der Waals surface area (Å²) in [5.74, 6) is -8.99. The summed E-state index contributed by atoms with van der Waals surface area (Å²) in [7, 11) is 1.13. The van der Waals surface area contributed by atoms with Crippen LogP contribution in [-0.4, -0.2) is 54.3 Å². The summed E-state index contributed by atoms with van der Waals surface area (Å²) in [6.45, 7) is -0.767. The van der Waals surface area contributed by atoms with Gasteiger partial charge in [0.05, 0.1) is 29.1 Å². The molecule has 2 aromatic carbocycles. The van der Waals surface area contributed by atoms with Crippen molar-refractivity contribution < 1.29 is 31.1 Å². The Hall–Kier alpha value is -3.71. The van der Waals surface area contributed by atoms with E-state index in [1.807, 2.05) is 30.3 Å². The number of amides is 1. The summed E-state index contributed by atoms with van der Waals surface area (Å²) in [4.78, 5) is 26.4. The number of aliphatic imine (C=N–C) groups is 2. The fraction of sp³-hybridized carbons (Fsp3) is 0.444. The van der Waals surface area contributed by atoms with Crippen LogP contribution < -0.4 is 10.0 Å². The highest BCUT2D eigenvalue weighted by molar-refractivity contribution is 7.97. The Balaban J connectivity index is 1.25. The summed E-state index contributed by atoms with van der Waals surface area (Å²) < 4.78 is 89.7. The van der Waals surface area contributed by atoms with Gasteiger partial charge in [-0.3, -0.25) is 24.5 Å². The summed E-state index contributed by atoms with van der Waals surface area (Å²) in [5, 5.41) is 2.76. The van der Waals surface area contributed by atoms with Gasteiger partial charge in [-0.2, -0.15) is 8.78 Å². The van der Waals surface area contributed by atoms with E-state index < -0.39 is 71.7 Å². The molecule has 1 heterocycles. The van der Waals surface area contributed by atoms with Crippen LogP contribution in [0.25, 0.3) is 11.1 Å². The molecule has 2 N–H and O–H groups in total. The van der Waals surface area contributed by atoms with Crippen LogP contribution in [-0.2, 0) is 11.2 Å². The van der Waals surface area contributed by atoms with Gasteiger partial charge in [0.2, 0.25) is 5.91 Å². The van der Waals surface area contributed by atoms with Crippen LogP contribution in [0.2, 0.25) is 0 Å². The number of nitrogens with zero attached hydrogens (tertiary/aromatic N) is 3. The molecule has 6 rings (SSSR count). The molecule has 1 amide bonds. The Labute approximate surface area is 285 Å². The fourth-order valence-electron chi connectivity index (χ4n) is 7.13. The van der Waals surface area contributed by atoms with Gasteiger partial charge in [-0.05, 0) is 85.0 Å². The monoisotopic (exact) mass is 701 g/mol. The molecule has 3 fully saturated rings. The number of hydrogen-bond acceptors (Lipinski definition) is 6. The highest BCUT2D eigenvalue weighted by atomic mass is 32.2. The molecule has 0 saturated heterocycles. The van der Waals surface area contributed by atoms with Gasteiger partial charge in [0.1, 0.15) is 18.2 Å². The van der Waals surface area contributed by atoms with E-state index in [-0.39, 0.29) is 18.4 Å². The lowest BCUT2D eigenvalue weighted by Crippen LogP contribution is -2.38. The maximum atomic E-state index is 15.2. The number of carbonyl (C=O) groups excluding carboxylic acids is 1. The Morgan fingerprint density at radius 1 is 1.04 bits per heavy atom. The predicted octanol–water partition coefficient (Wildman–Crippen LogP) is 8.03. The summed E-state index contributed by atoms with van der Waals surface area (Å²) in [6.07, 6.45) is 4.48. The molecule has 0 radical (unpaired) electrons. The molecule has 4 atom stereocenters. The molecule has 3 aliphatic carbocycles. The molecule has 0 spiro atoms. The van der Waals surface area contributed by atoms with Crippen molar-refractivity contribution in [3.05, 3.63) is 83.7 Å². The third kappa shape index (κ3) is 8.03. The van der Waals surface area contributed by atoms with Gasteiger partial charge in [-0.25, -0.2) is 17.6 Å². The van der Waals surface area contributed by atoms with Gasteiger partial charge in [-0.15, -0.1) is 0 Å². The van der Waals surface area contributed by atoms with E-state index in [1.54, 1.807) is 18.0 Å². The van der Waals surface area contributed by atoms with Crippen molar-refractivity contribution in [2.45, 2.75) is 74.3 Å². The summed E-state index contributed by atoms with van der Waals surface area (Å²) >= 11 is 1.57. The van der Waals surface area contributed by atoms with Gasteiger partial charge >= 0.3 is 0 Å². The number of fused-ring (bicyclic) bond motifs is 1. The van der Waals surface area contributed by atoms with Crippen LogP contribution in [0.4, 0.5) is 26.3 Å². The SMILES string of the molecule is CN=C(C(F)F)C1C(=NCC(=O)NC(Cc2cc(F)cc(F)c2)c2ncccc2-c2ccc(SNC3CCCCC3)cc2)C(F)(F)C2CC12. The van der Waals surface area contributed by atoms with Gasteiger partial charge in [-0.1, -0.05) is 37.5 Å². The number of alkyl halides is 4. The second kappa shape index (κ2) is 15.0. The molecule has 1 aromatic heterocycles. The third-order valence-electron chi connectivity index (χ3n) is 9.54. The smallest absolute Gasteiger partial charge is 0.289 e. The average Bonchev–Trinajstić information content (AvgIpc) is 3.85. The zero-order valence-electron chi connectivity index (χ0n) is 26.8. The van der Waals surface area contributed by atoms with E-state index in [2.05, 4.69) is 25.0 Å². The molecule has 4 unspecified atom stereocenters. The van der Waals surface area contributed by atoms with Crippen molar-refractivity contribution in [3.8, 4) is 11.1 Å². The second-order valence-electron chi connectivity index (χ2n) is 12.9. The minimum Gasteiger partial charge on any atom is -0.346 e. The van der Waals surface area contributed by atoms with Crippen LogP contribution in [0.1, 0.15) is 55.8 Å². The van der Waals surface area contributed by atoms with Crippen LogP contribution in [0, 0.1) is 29.4 Å². The first-order valence-electron chi connectivity index (χ1n) is 16.4. The molecular weight excluding hydrogens is 664 g/mol. The zero-order valence-corrected chi connectivity index (χ0v) is 27.6. The fourth-order valence-corrected chi connectivity index (χ4v) is 7.94. The molecule has 3 aliphatic rings. The number of carbonyl (C=O) groups is 1. The number of aromatic nitrogens is 1. The van der Waals surface area contributed by atoms with Crippen LogP contribution in [0.15, 0.2) is 75.7 Å². The van der Waals surface area contributed by atoms with Crippen molar-refractivity contribution in [1.82, 2.24) is 15.0 Å². The predicted molar refractivity (Wildman–Crippen MR) is 178 cm³/mol. The number of pyridine rings is 1. The van der Waals surface area contributed by atoms with Crippen LogP contribution in [0.5, 0.6) is 0 Å². The molecule has 3 aromatic rings. The summed E-state index contributed by atoms with van der Waals surface area (Å²) in [6, 6.07) is 13.8. The molecule has 3 saturated carbocycles. The molecular formula is C36H37F6N5OS. The van der Waals surface area contributed by atoms with E-state index >= 15 is 8.78 Å². The minimum absolute atomic E-state index is 0.0821. The Bertz CT molecular complexity index is 1690. The molecule has 49 heavy (non-hydrogen) atoms. The Morgan fingerprint density at radius 2 is 1.76 bits per heavy atom. The Kier molecular flexibility index (Phi) is 10.8. The van der Waals surface area contributed by atoms with Crippen molar-refractivity contribution >= 4 is 29.3 Å². The first-order chi connectivity index (χ1) is 23.5. The number of hydrogen-bond donors (Lipinski definition) is 2. The Morgan fingerprint density at radius 3 is 2.43 bits per heavy atom. The van der Waals surface area contributed by atoms with E-state index in [4.69, 9.17) is 0 Å². The summed E-state index contributed by atoms with van der Waals surface area (Å²) in [5.41, 5.74) is 0.619. The molecule has 260 valence electrons. The number of rotatable bonds is 12. The van der Waals surface area contributed by atoms with Gasteiger partial charge in [0, 0.05) is 41.7 Å². The molecule has 0 aliphatic heterocycles. The average molecular weight is 702 g/mol. The quantitative estimate of drug-likeness (QED) is 0.114. The van der Waals surface area contributed by atoms with Crippen LogP contribution in [0.3, 0.4) is 0 Å². The van der Waals surface area contributed by atoms with Gasteiger partial charge in [0.15, 0.2) is 0 Å². The minimum atomic E-state index is -3.44. The lowest BCUT2D eigenvalue weighted by Gasteiger charge is -2.23. The number of nitrogens with one attached hydrogen (secondary N) is 2. The van der Waals surface area contributed by atoms with Crippen molar-refractivity contribution in [1.29, 1.82) is 0 Å². The van der Waals surface area contributed by atoms with Crippen molar-refractivity contribution in [2.24, 2.45) is 27.7 Å². The molecule has 6 nitrogen and oxygen atoms in total. The largest absolute Gasteiger partial charge is 0.346 e. The van der Waals surface area contributed by atoms with E-state index in [0.29, 0.717) is 17.3 Å². The lowest BCUT2D eigenvalue weighted by molar-refractivity contribution is -0.120. The van der Waals surface area contributed by atoms with E-state index in [9.17, 15) is 22.4 Å². The van der Waals surface area contributed by atoms with Gasteiger partial charge < -0.3 is 5.32 Å². The topological polar surface area (TPSA) is 78.7 Å². The highest BCUT2D eigenvalue weighted by Crippen LogP contribution is 2.62. The maximum absolute atomic E-state index is 15.2. The van der Waals surface area contributed by atoms with Crippen LogP contribution >= 0.6 is 11.9 Å². The number of benzene rings is 2. The molecule has 13 heteroatoms. The normalized spacial score (nSPS) is 23.5. The number of halogens is 6. The van der Waals surface area contributed by atoms with E-state index in [0.717, 1.165) is 48.5 Å². The second-order valence-corrected chi connectivity index (χ2v) is 13.8. The molecule has 0 bridgehead atoms. The van der Waals surface area contributed by atoms with E-state index in [1.165, 1.54) is 25.5 Å². The first kappa shape index (κ1) is 35.1. The first-order valence-corrected chi connectivity index (χ1v) is 17.3. The van der Waals surface area contributed by atoms with Gasteiger partial charge in [0.25, 0.3) is 12.3 Å².